The second-order valence-electron chi connectivity index (χ2n) is 5.66. The summed E-state index contributed by atoms with van der Waals surface area (Å²) in [6.07, 6.45) is 1.37. The van der Waals surface area contributed by atoms with Crippen LogP contribution < -0.4 is 15.4 Å². The van der Waals surface area contributed by atoms with E-state index in [-0.39, 0.29) is 6.42 Å². The molecule has 2 aromatic rings. The summed E-state index contributed by atoms with van der Waals surface area (Å²) in [6, 6.07) is 6.64. The van der Waals surface area contributed by atoms with Gasteiger partial charge in [0.1, 0.15) is 17.5 Å². The molecule has 2 heterocycles. The van der Waals surface area contributed by atoms with Crippen molar-refractivity contribution in [3.63, 3.8) is 0 Å². The van der Waals surface area contributed by atoms with Crippen LogP contribution in [0.25, 0.3) is 0 Å². The number of amides is 4. The number of benzene rings is 1. The molecular weight excluding hydrogens is 404 g/mol. The maximum atomic E-state index is 12.4. The van der Waals surface area contributed by atoms with E-state index in [1.165, 1.54) is 18.4 Å². The Morgan fingerprint density at radius 2 is 1.93 bits per heavy atom. The van der Waals surface area contributed by atoms with Crippen molar-refractivity contribution < 1.29 is 23.9 Å². The van der Waals surface area contributed by atoms with Gasteiger partial charge in [-0.15, -0.1) is 11.3 Å². The highest BCUT2D eigenvalue weighted by Crippen LogP contribution is 2.29. The number of hydrogen-bond acceptors (Lipinski definition) is 8. The van der Waals surface area contributed by atoms with Gasteiger partial charge in [0.05, 0.1) is 7.11 Å². The molecule has 1 aliphatic rings. The highest BCUT2D eigenvalue weighted by molar-refractivity contribution is 8.15. The number of aromatic nitrogens is 1. The van der Waals surface area contributed by atoms with Crippen molar-refractivity contribution in [3.05, 3.63) is 35.8 Å². The smallest absolute Gasteiger partial charge is 0.289 e. The first kappa shape index (κ1) is 19.8. The Morgan fingerprint density at radius 1 is 1.18 bits per heavy atom. The molecule has 0 aliphatic carbocycles. The maximum absolute atomic E-state index is 12.4. The predicted molar refractivity (Wildman–Crippen MR) is 105 cm³/mol. The summed E-state index contributed by atoms with van der Waals surface area (Å²) in [7, 11) is 1.53. The number of carbonyl (C=O) groups excluding carboxylic acids is 4. The lowest BCUT2D eigenvalue weighted by atomic mass is 10.2. The zero-order valence-corrected chi connectivity index (χ0v) is 16.3. The summed E-state index contributed by atoms with van der Waals surface area (Å²) < 4.78 is 5.04. The normalized spacial score (nSPS) is 16.2. The number of rotatable bonds is 7. The number of anilines is 2. The molecule has 1 atom stereocenters. The van der Waals surface area contributed by atoms with Gasteiger partial charge in [0.2, 0.25) is 17.7 Å². The summed E-state index contributed by atoms with van der Waals surface area (Å²) in [5, 5.41) is 5.89. The summed E-state index contributed by atoms with van der Waals surface area (Å²) in [4.78, 5) is 53.5. The molecule has 1 saturated heterocycles. The van der Waals surface area contributed by atoms with E-state index in [1.807, 2.05) is 0 Å². The molecule has 0 saturated carbocycles. The lowest BCUT2D eigenvalue weighted by molar-refractivity contribution is -0.131. The molecule has 0 bridgehead atoms. The third-order valence-electron chi connectivity index (χ3n) is 3.73. The molecule has 1 aromatic heterocycles. The molecule has 1 aliphatic heterocycles. The van der Waals surface area contributed by atoms with Gasteiger partial charge in [0, 0.05) is 23.7 Å². The van der Waals surface area contributed by atoms with Gasteiger partial charge in [0.25, 0.3) is 5.24 Å². The van der Waals surface area contributed by atoms with E-state index in [9.17, 15) is 19.2 Å². The van der Waals surface area contributed by atoms with Gasteiger partial charge in [0.15, 0.2) is 5.13 Å². The Labute approximate surface area is 168 Å². The third kappa shape index (κ3) is 4.87. The van der Waals surface area contributed by atoms with Crippen LogP contribution in [0.4, 0.5) is 15.6 Å². The van der Waals surface area contributed by atoms with Gasteiger partial charge >= 0.3 is 0 Å². The molecule has 28 heavy (non-hydrogen) atoms. The van der Waals surface area contributed by atoms with Crippen LogP contribution in [0, 0.1) is 0 Å². The Hall–Kier alpha value is -2.92. The Morgan fingerprint density at radius 3 is 2.57 bits per heavy atom. The summed E-state index contributed by atoms with van der Waals surface area (Å²) in [5.74, 6) is -0.856. The zero-order valence-electron chi connectivity index (χ0n) is 14.7. The van der Waals surface area contributed by atoms with Crippen molar-refractivity contribution >= 4 is 56.9 Å². The van der Waals surface area contributed by atoms with Crippen LogP contribution in [0.3, 0.4) is 0 Å². The Kier molecular flexibility index (Phi) is 6.26. The molecule has 4 amide bonds. The molecular formula is C17H16N4O5S2. The van der Waals surface area contributed by atoms with E-state index < -0.39 is 34.8 Å². The van der Waals surface area contributed by atoms with Crippen molar-refractivity contribution in [2.24, 2.45) is 0 Å². The molecule has 0 spiro atoms. The molecule has 146 valence electrons. The minimum Gasteiger partial charge on any atom is -0.497 e. The zero-order chi connectivity index (χ0) is 20.1. The van der Waals surface area contributed by atoms with Gasteiger partial charge < -0.3 is 15.4 Å². The van der Waals surface area contributed by atoms with Gasteiger partial charge in [-0.05, 0) is 24.3 Å². The predicted octanol–water partition coefficient (Wildman–Crippen LogP) is 2.18. The third-order valence-corrected chi connectivity index (χ3v) is 5.49. The maximum Gasteiger partial charge on any atom is 0.289 e. The molecule has 3 rings (SSSR count). The van der Waals surface area contributed by atoms with Crippen LogP contribution in [0.15, 0.2) is 35.8 Å². The quantitative estimate of drug-likeness (QED) is 0.705. The first-order chi connectivity index (χ1) is 13.5. The number of methoxy groups -OCH3 is 1. The fraction of sp³-hybridized carbons (Fsp3) is 0.235. The largest absolute Gasteiger partial charge is 0.497 e. The molecule has 0 radical (unpaired) electrons. The SMILES string of the molecule is COc1ccc(NC(=O)CN2C(=O)S[C@H](CC(=O)Nc3nccs3)C2=O)cc1. The summed E-state index contributed by atoms with van der Waals surface area (Å²) >= 11 is 1.99. The topological polar surface area (TPSA) is 118 Å². The Balaban J connectivity index is 1.53. The van der Waals surface area contributed by atoms with Crippen LogP contribution in [0.1, 0.15) is 6.42 Å². The lowest BCUT2D eigenvalue weighted by Crippen LogP contribution is -2.38. The van der Waals surface area contributed by atoms with E-state index in [0.29, 0.717) is 16.6 Å². The minimum atomic E-state index is -0.860. The molecule has 1 aromatic carbocycles. The highest BCUT2D eigenvalue weighted by atomic mass is 32.2. The lowest BCUT2D eigenvalue weighted by Gasteiger charge is -2.14. The molecule has 1 fully saturated rings. The van der Waals surface area contributed by atoms with Crippen molar-refractivity contribution in [2.75, 3.05) is 24.3 Å². The van der Waals surface area contributed by atoms with Crippen molar-refractivity contribution in [1.29, 1.82) is 0 Å². The Bertz CT molecular complexity index is 885. The van der Waals surface area contributed by atoms with Crippen molar-refractivity contribution in [1.82, 2.24) is 9.88 Å². The average molecular weight is 420 g/mol. The van der Waals surface area contributed by atoms with Gasteiger partial charge in [-0.1, -0.05) is 11.8 Å². The van der Waals surface area contributed by atoms with Crippen LogP contribution in [0.5, 0.6) is 5.75 Å². The molecule has 0 unspecified atom stereocenters. The number of ether oxygens (including phenoxy) is 1. The first-order valence-electron chi connectivity index (χ1n) is 8.11. The second kappa shape index (κ2) is 8.85. The first-order valence-corrected chi connectivity index (χ1v) is 9.87. The van der Waals surface area contributed by atoms with Crippen LogP contribution in [-0.4, -0.2) is 51.7 Å². The molecule has 9 nitrogen and oxygen atoms in total. The van der Waals surface area contributed by atoms with Crippen LogP contribution in [-0.2, 0) is 14.4 Å². The minimum absolute atomic E-state index is 0.175. The summed E-state index contributed by atoms with van der Waals surface area (Å²) in [5.41, 5.74) is 0.511. The van der Waals surface area contributed by atoms with E-state index >= 15 is 0 Å². The number of nitrogens with one attached hydrogen (secondary N) is 2. The van der Waals surface area contributed by atoms with Crippen molar-refractivity contribution in [2.45, 2.75) is 11.7 Å². The number of thioether (sulfide) groups is 1. The van der Waals surface area contributed by atoms with E-state index in [4.69, 9.17) is 4.74 Å². The number of carbonyl (C=O) groups is 4. The van der Waals surface area contributed by atoms with Gasteiger partial charge in [-0.25, -0.2) is 4.98 Å². The fourth-order valence-electron chi connectivity index (χ4n) is 2.41. The van der Waals surface area contributed by atoms with E-state index in [2.05, 4.69) is 15.6 Å². The number of hydrogen-bond donors (Lipinski definition) is 2. The number of imide groups is 1. The van der Waals surface area contributed by atoms with Crippen LogP contribution in [0.2, 0.25) is 0 Å². The van der Waals surface area contributed by atoms with E-state index in [1.54, 1.807) is 35.8 Å². The summed E-state index contributed by atoms with van der Waals surface area (Å²) in [6.45, 7) is -0.415. The fourth-order valence-corrected chi connectivity index (χ4v) is 3.95. The molecule has 11 heteroatoms. The number of thiazole rings is 1. The van der Waals surface area contributed by atoms with Gasteiger partial charge in [-0.2, -0.15) is 0 Å². The molecule has 2 N–H and O–H groups in total. The van der Waals surface area contributed by atoms with E-state index in [0.717, 1.165) is 16.7 Å². The monoisotopic (exact) mass is 420 g/mol. The average Bonchev–Trinajstić information content (AvgIpc) is 3.26. The van der Waals surface area contributed by atoms with Gasteiger partial charge in [-0.3, -0.25) is 24.1 Å². The standard InChI is InChI=1S/C17H16N4O5S2/c1-26-11-4-2-10(3-5-11)19-14(23)9-21-15(24)12(28-17(21)25)8-13(22)20-16-18-6-7-27-16/h2-7,12H,8-9H2,1H3,(H,19,23)(H,18,20,22)/t12-/m1/s1. The highest BCUT2D eigenvalue weighted by Gasteiger charge is 2.41. The van der Waals surface area contributed by atoms with Crippen molar-refractivity contribution in [3.8, 4) is 5.75 Å². The number of nitrogens with zero attached hydrogens (tertiary/aromatic N) is 2. The van der Waals surface area contributed by atoms with Crippen LogP contribution >= 0.6 is 23.1 Å². The second-order valence-corrected chi connectivity index (χ2v) is 7.71.